The Labute approximate surface area is 91.4 Å². The van der Waals surface area contributed by atoms with E-state index in [4.69, 9.17) is 5.73 Å². The van der Waals surface area contributed by atoms with Crippen LogP contribution in [0.3, 0.4) is 0 Å². The van der Waals surface area contributed by atoms with Gasteiger partial charge in [-0.25, -0.2) is 0 Å². The second-order valence-electron chi connectivity index (χ2n) is 3.61. The molecule has 1 aromatic carbocycles. The molecule has 1 aliphatic rings. The van der Waals surface area contributed by atoms with Crippen LogP contribution in [0.2, 0.25) is 0 Å². The zero-order chi connectivity index (χ0) is 9.10. The Bertz CT molecular complexity index is 294. The summed E-state index contributed by atoms with van der Waals surface area (Å²) in [5, 5.41) is 0. The molecule has 0 saturated carbocycles. The molecule has 76 valence electrons. The number of rotatable bonds is 1. The van der Waals surface area contributed by atoms with Crippen LogP contribution < -0.4 is 5.73 Å². The van der Waals surface area contributed by atoms with Crippen LogP contribution in [0.4, 0.5) is 0 Å². The van der Waals surface area contributed by atoms with Gasteiger partial charge in [-0.2, -0.15) is 0 Å². The van der Waals surface area contributed by atoms with Crippen LogP contribution in [-0.2, 0) is 0 Å². The van der Waals surface area contributed by atoms with Crippen molar-refractivity contribution in [2.24, 2.45) is 5.73 Å². The molecule has 1 aliphatic carbocycles. The maximum atomic E-state index is 6.06. The van der Waals surface area contributed by atoms with E-state index in [1.165, 1.54) is 5.56 Å². The number of hydrogen-bond acceptors (Lipinski definition) is 1. The Kier molecular flexibility index (Phi) is 4.18. The van der Waals surface area contributed by atoms with Crippen molar-refractivity contribution in [3.63, 3.8) is 0 Å². The van der Waals surface area contributed by atoms with Gasteiger partial charge in [0.15, 0.2) is 0 Å². The molecule has 0 aromatic heterocycles. The first kappa shape index (κ1) is 11.3. The van der Waals surface area contributed by atoms with Gasteiger partial charge < -0.3 is 5.73 Å². The Morgan fingerprint density at radius 2 is 1.86 bits per heavy atom. The maximum absolute atomic E-state index is 6.06. The molecule has 0 fully saturated rings. The van der Waals surface area contributed by atoms with E-state index in [-0.39, 0.29) is 12.4 Å². The van der Waals surface area contributed by atoms with E-state index in [1.54, 1.807) is 0 Å². The smallest absolute Gasteiger partial charge is 0.0170 e. The fourth-order valence-corrected chi connectivity index (χ4v) is 1.89. The van der Waals surface area contributed by atoms with Crippen LogP contribution in [0, 0.1) is 0 Å². The van der Waals surface area contributed by atoms with E-state index in [2.05, 4.69) is 36.4 Å². The summed E-state index contributed by atoms with van der Waals surface area (Å²) in [6.07, 6.45) is 6.71. The van der Waals surface area contributed by atoms with Crippen molar-refractivity contribution in [1.82, 2.24) is 0 Å². The van der Waals surface area contributed by atoms with Crippen molar-refractivity contribution < 1.29 is 0 Å². The predicted octanol–water partition coefficient (Wildman–Crippen LogP) is 2.87. The minimum atomic E-state index is 0. The molecule has 0 heterocycles. The summed E-state index contributed by atoms with van der Waals surface area (Å²) in [7, 11) is 0. The number of benzene rings is 1. The summed E-state index contributed by atoms with van der Waals surface area (Å²) in [5.74, 6) is 0.426. The average Bonchev–Trinajstić information content (AvgIpc) is 2.20. The second kappa shape index (κ2) is 5.18. The van der Waals surface area contributed by atoms with E-state index in [0.29, 0.717) is 12.0 Å². The molecule has 0 amide bonds. The first-order valence-corrected chi connectivity index (χ1v) is 4.85. The van der Waals surface area contributed by atoms with Gasteiger partial charge in [-0.15, -0.1) is 12.4 Å². The molecule has 0 radical (unpaired) electrons. The largest absolute Gasteiger partial charge is 0.327 e. The molecular formula is C12H16ClN. The molecule has 2 N–H and O–H groups in total. The number of halogens is 1. The van der Waals surface area contributed by atoms with E-state index >= 15 is 0 Å². The van der Waals surface area contributed by atoms with Gasteiger partial charge >= 0.3 is 0 Å². The van der Waals surface area contributed by atoms with Crippen molar-refractivity contribution >= 4 is 12.4 Å². The highest BCUT2D eigenvalue weighted by Gasteiger charge is 2.18. The predicted molar refractivity (Wildman–Crippen MR) is 62.8 cm³/mol. The molecule has 0 spiro atoms. The molecule has 2 heteroatoms. The van der Waals surface area contributed by atoms with Gasteiger partial charge in [-0.05, 0) is 18.4 Å². The average molecular weight is 210 g/mol. The van der Waals surface area contributed by atoms with Gasteiger partial charge in [0.2, 0.25) is 0 Å². The van der Waals surface area contributed by atoms with Gasteiger partial charge in [0.05, 0.1) is 0 Å². The molecule has 0 aliphatic heterocycles. The van der Waals surface area contributed by atoms with E-state index in [0.717, 1.165) is 12.8 Å². The molecule has 2 rings (SSSR count). The molecule has 1 aromatic rings. The summed E-state index contributed by atoms with van der Waals surface area (Å²) < 4.78 is 0. The molecule has 14 heavy (non-hydrogen) atoms. The number of nitrogens with two attached hydrogens (primary N) is 1. The summed E-state index contributed by atoms with van der Waals surface area (Å²) >= 11 is 0. The van der Waals surface area contributed by atoms with Crippen molar-refractivity contribution in [2.45, 2.75) is 24.8 Å². The highest BCUT2D eigenvalue weighted by atomic mass is 35.5. The Balaban J connectivity index is 0.000000980. The minimum absolute atomic E-state index is 0. The number of hydrogen-bond donors (Lipinski definition) is 1. The SMILES string of the molecule is Cl.NC1CCC=CC1c1ccccc1. The van der Waals surface area contributed by atoms with Gasteiger partial charge in [-0.1, -0.05) is 42.5 Å². The van der Waals surface area contributed by atoms with Crippen molar-refractivity contribution in [1.29, 1.82) is 0 Å². The minimum Gasteiger partial charge on any atom is -0.327 e. The molecule has 0 bridgehead atoms. The lowest BCUT2D eigenvalue weighted by Crippen LogP contribution is -2.28. The Hall–Kier alpha value is -0.790. The third kappa shape index (κ3) is 2.37. The van der Waals surface area contributed by atoms with Gasteiger partial charge in [0.1, 0.15) is 0 Å². The van der Waals surface area contributed by atoms with Crippen LogP contribution in [0.15, 0.2) is 42.5 Å². The third-order valence-corrected chi connectivity index (χ3v) is 2.66. The third-order valence-electron chi connectivity index (χ3n) is 2.66. The lowest BCUT2D eigenvalue weighted by molar-refractivity contribution is 0.545. The highest BCUT2D eigenvalue weighted by Crippen LogP contribution is 2.26. The molecule has 2 unspecified atom stereocenters. The van der Waals surface area contributed by atoms with E-state index < -0.39 is 0 Å². The van der Waals surface area contributed by atoms with Crippen LogP contribution in [-0.4, -0.2) is 6.04 Å². The van der Waals surface area contributed by atoms with Crippen molar-refractivity contribution in [3.05, 3.63) is 48.0 Å². The first-order chi connectivity index (χ1) is 6.38. The zero-order valence-corrected chi connectivity index (χ0v) is 8.91. The Morgan fingerprint density at radius 1 is 1.14 bits per heavy atom. The lowest BCUT2D eigenvalue weighted by atomic mass is 9.85. The summed E-state index contributed by atoms with van der Waals surface area (Å²) in [5.41, 5.74) is 7.40. The molecule has 2 atom stereocenters. The second-order valence-corrected chi connectivity index (χ2v) is 3.61. The first-order valence-electron chi connectivity index (χ1n) is 4.85. The Morgan fingerprint density at radius 3 is 2.50 bits per heavy atom. The van der Waals surface area contributed by atoms with Crippen LogP contribution in [0.1, 0.15) is 24.3 Å². The normalized spacial score (nSPS) is 25.5. The summed E-state index contributed by atoms with van der Waals surface area (Å²) in [4.78, 5) is 0. The summed E-state index contributed by atoms with van der Waals surface area (Å²) in [6.45, 7) is 0. The van der Waals surface area contributed by atoms with Gasteiger partial charge in [0, 0.05) is 12.0 Å². The van der Waals surface area contributed by atoms with Crippen molar-refractivity contribution in [3.8, 4) is 0 Å². The van der Waals surface area contributed by atoms with Crippen LogP contribution in [0.5, 0.6) is 0 Å². The van der Waals surface area contributed by atoms with Crippen LogP contribution in [0.25, 0.3) is 0 Å². The van der Waals surface area contributed by atoms with Crippen molar-refractivity contribution in [2.75, 3.05) is 0 Å². The number of allylic oxidation sites excluding steroid dienone is 1. The monoisotopic (exact) mass is 209 g/mol. The van der Waals surface area contributed by atoms with Gasteiger partial charge in [0.25, 0.3) is 0 Å². The molecular weight excluding hydrogens is 194 g/mol. The summed E-state index contributed by atoms with van der Waals surface area (Å²) in [6, 6.07) is 10.8. The topological polar surface area (TPSA) is 26.0 Å². The quantitative estimate of drug-likeness (QED) is 0.708. The fourth-order valence-electron chi connectivity index (χ4n) is 1.89. The maximum Gasteiger partial charge on any atom is 0.0170 e. The molecule has 1 nitrogen and oxygen atoms in total. The van der Waals surface area contributed by atoms with Crippen LogP contribution >= 0.6 is 12.4 Å². The van der Waals surface area contributed by atoms with Gasteiger partial charge in [-0.3, -0.25) is 0 Å². The molecule has 0 saturated heterocycles. The van der Waals surface area contributed by atoms with E-state index in [1.807, 2.05) is 6.07 Å². The standard InChI is InChI=1S/C12H15N.ClH/c13-12-9-5-4-8-11(12)10-6-2-1-3-7-10;/h1-4,6-8,11-12H,5,9,13H2;1H. The zero-order valence-electron chi connectivity index (χ0n) is 8.10. The highest BCUT2D eigenvalue weighted by molar-refractivity contribution is 5.85. The van der Waals surface area contributed by atoms with E-state index in [9.17, 15) is 0 Å². The lowest BCUT2D eigenvalue weighted by Gasteiger charge is -2.24. The fraction of sp³-hybridized carbons (Fsp3) is 0.333.